The number of aromatic nitrogens is 2. The Balaban J connectivity index is 2.28. The van der Waals surface area contributed by atoms with Crippen LogP contribution in [0.1, 0.15) is 25.8 Å². The van der Waals surface area contributed by atoms with E-state index in [2.05, 4.69) is 38.1 Å². The monoisotopic (exact) mass is 353 g/mol. The van der Waals surface area contributed by atoms with Crippen molar-refractivity contribution >= 4 is 21.7 Å². The van der Waals surface area contributed by atoms with Gasteiger partial charge in [-0.3, -0.25) is 0 Å². The summed E-state index contributed by atoms with van der Waals surface area (Å²) in [6.45, 7) is 4.95. The average Bonchev–Trinajstić information content (AvgIpc) is 2.49. The molecule has 2 rings (SSSR count). The Kier molecular flexibility index (Phi) is 5.50. The second-order valence-electron chi connectivity index (χ2n) is 4.46. The van der Waals surface area contributed by atoms with Gasteiger partial charge in [0.25, 0.3) is 0 Å². The van der Waals surface area contributed by atoms with Crippen LogP contribution in [-0.4, -0.2) is 16.5 Å². The van der Waals surface area contributed by atoms with Gasteiger partial charge in [-0.05, 0) is 47.0 Å². The summed E-state index contributed by atoms with van der Waals surface area (Å²) in [7, 11) is 0. The molecule has 0 atom stereocenters. The molecule has 6 heteroatoms. The molecular formula is C15H17BrFN3O. The molecule has 0 unspecified atom stereocenters. The lowest BCUT2D eigenvalue weighted by atomic mass is 10.2. The summed E-state index contributed by atoms with van der Waals surface area (Å²) in [5, 5.41) is 3.26. The molecule has 2 aromatic rings. The van der Waals surface area contributed by atoms with Gasteiger partial charge in [0.05, 0.1) is 10.0 Å². The largest absolute Gasteiger partial charge is 0.439 e. The first-order valence-corrected chi connectivity index (χ1v) is 7.65. The molecule has 0 aliphatic rings. The molecule has 0 saturated carbocycles. The van der Waals surface area contributed by atoms with Gasteiger partial charge in [-0.1, -0.05) is 13.8 Å². The van der Waals surface area contributed by atoms with E-state index in [1.54, 1.807) is 12.1 Å². The maximum atomic E-state index is 13.2. The normalized spacial score (nSPS) is 10.5. The van der Waals surface area contributed by atoms with Crippen molar-refractivity contribution in [2.24, 2.45) is 0 Å². The molecule has 0 fully saturated rings. The van der Waals surface area contributed by atoms with Crippen LogP contribution in [-0.2, 0) is 6.42 Å². The highest BCUT2D eigenvalue weighted by atomic mass is 79.9. The van der Waals surface area contributed by atoms with Gasteiger partial charge in [0.2, 0.25) is 5.88 Å². The molecule has 21 heavy (non-hydrogen) atoms. The molecule has 0 aliphatic carbocycles. The third-order valence-electron chi connectivity index (χ3n) is 2.91. The second-order valence-corrected chi connectivity index (χ2v) is 5.32. The summed E-state index contributed by atoms with van der Waals surface area (Å²) in [5.74, 6) is 1.47. The van der Waals surface area contributed by atoms with Crippen LogP contribution in [0.15, 0.2) is 29.0 Å². The number of hydrogen-bond donors (Lipinski definition) is 1. The van der Waals surface area contributed by atoms with E-state index < -0.39 is 0 Å². The highest BCUT2D eigenvalue weighted by molar-refractivity contribution is 9.10. The summed E-state index contributed by atoms with van der Waals surface area (Å²) < 4.78 is 19.4. The van der Waals surface area contributed by atoms with Gasteiger partial charge in [0.15, 0.2) is 0 Å². The van der Waals surface area contributed by atoms with Gasteiger partial charge < -0.3 is 10.1 Å². The molecule has 1 heterocycles. The van der Waals surface area contributed by atoms with Gasteiger partial charge in [-0.25, -0.2) is 14.4 Å². The van der Waals surface area contributed by atoms with Crippen LogP contribution < -0.4 is 10.1 Å². The third kappa shape index (κ3) is 3.91. The van der Waals surface area contributed by atoms with E-state index in [0.29, 0.717) is 16.1 Å². The van der Waals surface area contributed by atoms with Crippen LogP contribution in [0, 0.1) is 5.82 Å². The van der Waals surface area contributed by atoms with Crippen LogP contribution >= 0.6 is 15.9 Å². The highest BCUT2D eigenvalue weighted by Crippen LogP contribution is 2.29. The highest BCUT2D eigenvalue weighted by Gasteiger charge is 2.12. The van der Waals surface area contributed by atoms with Crippen LogP contribution in [0.25, 0.3) is 0 Å². The van der Waals surface area contributed by atoms with E-state index in [-0.39, 0.29) is 5.82 Å². The van der Waals surface area contributed by atoms with Crippen molar-refractivity contribution in [3.8, 4) is 11.6 Å². The number of benzene rings is 1. The van der Waals surface area contributed by atoms with Gasteiger partial charge in [-0.2, -0.15) is 0 Å². The molecule has 1 aromatic carbocycles. The van der Waals surface area contributed by atoms with Crippen molar-refractivity contribution in [3.63, 3.8) is 0 Å². The van der Waals surface area contributed by atoms with Crippen LogP contribution in [0.2, 0.25) is 0 Å². The minimum atomic E-state index is -0.328. The topological polar surface area (TPSA) is 47.0 Å². The Hall–Kier alpha value is -1.69. The zero-order valence-corrected chi connectivity index (χ0v) is 13.6. The molecule has 0 saturated heterocycles. The maximum absolute atomic E-state index is 13.2. The molecule has 0 aliphatic heterocycles. The number of nitrogens with one attached hydrogen (secondary N) is 1. The summed E-state index contributed by atoms with van der Waals surface area (Å²) in [6, 6.07) is 4.50. The van der Waals surface area contributed by atoms with E-state index in [1.165, 1.54) is 12.4 Å². The lowest BCUT2D eigenvalue weighted by Gasteiger charge is -2.13. The lowest BCUT2D eigenvalue weighted by molar-refractivity contribution is 0.453. The predicted octanol–water partition coefficient (Wildman–Crippen LogP) is 4.55. The number of anilines is 1. The van der Waals surface area contributed by atoms with E-state index >= 15 is 0 Å². The van der Waals surface area contributed by atoms with Crippen molar-refractivity contribution < 1.29 is 9.13 Å². The zero-order valence-electron chi connectivity index (χ0n) is 12.0. The van der Waals surface area contributed by atoms with Crippen molar-refractivity contribution in [2.45, 2.75) is 26.7 Å². The van der Waals surface area contributed by atoms with E-state index in [0.717, 1.165) is 30.8 Å². The van der Waals surface area contributed by atoms with E-state index in [4.69, 9.17) is 4.74 Å². The summed E-state index contributed by atoms with van der Waals surface area (Å²) in [5.41, 5.74) is 0.909. The number of hydrogen-bond acceptors (Lipinski definition) is 4. The standard InChI is InChI=1S/C15H17BrFN3O/c1-3-7-18-14-11(4-2)15(20-9-19-14)21-10-5-6-13(17)12(16)8-10/h5-6,8-9H,3-4,7H2,1-2H3,(H,18,19,20). The van der Waals surface area contributed by atoms with Crippen molar-refractivity contribution in [1.82, 2.24) is 9.97 Å². The van der Waals surface area contributed by atoms with E-state index in [9.17, 15) is 4.39 Å². The number of nitrogens with zero attached hydrogens (tertiary/aromatic N) is 2. The Morgan fingerprint density at radius 3 is 2.76 bits per heavy atom. The van der Waals surface area contributed by atoms with Gasteiger partial charge in [0, 0.05) is 6.54 Å². The predicted molar refractivity (Wildman–Crippen MR) is 84.4 cm³/mol. The summed E-state index contributed by atoms with van der Waals surface area (Å²) in [4.78, 5) is 8.43. The maximum Gasteiger partial charge on any atom is 0.227 e. The molecule has 4 nitrogen and oxygen atoms in total. The van der Waals surface area contributed by atoms with Gasteiger partial charge in [-0.15, -0.1) is 0 Å². The lowest BCUT2D eigenvalue weighted by Crippen LogP contribution is -2.07. The summed E-state index contributed by atoms with van der Waals surface area (Å²) >= 11 is 3.14. The Labute approximate surface area is 131 Å². The first-order valence-electron chi connectivity index (χ1n) is 6.86. The molecule has 0 bridgehead atoms. The number of ether oxygens (including phenoxy) is 1. The fourth-order valence-corrected chi connectivity index (χ4v) is 2.21. The minimum Gasteiger partial charge on any atom is -0.439 e. The van der Waals surface area contributed by atoms with Gasteiger partial charge in [0.1, 0.15) is 23.7 Å². The van der Waals surface area contributed by atoms with Crippen molar-refractivity contribution in [1.29, 1.82) is 0 Å². The average molecular weight is 354 g/mol. The third-order valence-corrected chi connectivity index (χ3v) is 3.52. The minimum absolute atomic E-state index is 0.328. The zero-order chi connectivity index (χ0) is 15.2. The first kappa shape index (κ1) is 15.7. The van der Waals surface area contributed by atoms with Crippen LogP contribution in [0.5, 0.6) is 11.6 Å². The Morgan fingerprint density at radius 2 is 2.10 bits per heavy atom. The fraction of sp³-hybridized carbons (Fsp3) is 0.333. The number of rotatable bonds is 6. The second kappa shape index (κ2) is 7.36. The molecule has 0 spiro atoms. The molecule has 112 valence electrons. The molecule has 1 N–H and O–H groups in total. The Bertz CT molecular complexity index is 622. The molecule has 1 aromatic heterocycles. The SMILES string of the molecule is CCCNc1ncnc(Oc2ccc(F)c(Br)c2)c1CC. The fourth-order valence-electron chi connectivity index (χ4n) is 1.85. The number of halogens is 2. The molecular weight excluding hydrogens is 337 g/mol. The van der Waals surface area contributed by atoms with Crippen LogP contribution in [0.3, 0.4) is 0 Å². The van der Waals surface area contributed by atoms with E-state index in [1.807, 2.05) is 6.92 Å². The quantitative estimate of drug-likeness (QED) is 0.827. The van der Waals surface area contributed by atoms with Crippen molar-refractivity contribution in [2.75, 3.05) is 11.9 Å². The Morgan fingerprint density at radius 1 is 1.29 bits per heavy atom. The summed E-state index contributed by atoms with van der Waals surface area (Å²) in [6.07, 6.45) is 3.21. The first-order chi connectivity index (χ1) is 10.2. The molecule has 0 amide bonds. The molecule has 0 radical (unpaired) electrons. The van der Waals surface area contributed by atoms with Crippen molar-refractivity contribution in [3.05, 3.63) is 40.4 Å². The van der Waals surface area contributed by atoms with Gasteiger partial charge >= 0.3 is 0 Å². The van der Waals surface area contributed by atoms with Crippen LogP contribution in [0.4, 0.5) is 10.2 Å². The smallest absolute Gasteiger partial charge is 0.227 e.